The van der Waals surface area contributed by atoms with Crippen LogP contribution in [0.25, 0.3) is 0 Å². The van der Waals surface area contributed by atoms with E-state index >= 15 is 0 Å². The number of rotatable bonds is 8. The van der Waals surface area contributed by atoms with Gasteiger partial charge in [0, 0.05) is 18.4 Å². The zero-order chi connectivity index (χ0) is 13.4. The standard InChI is InChI=1S/C14H24N2O2/c1-3-5-9-18-14(17)11-16-8-7-12(10-16)13(15)6-4-2/h7-8,10,13H,3-6,9,11,15H2,1-2H3. The van der Waals surface area contributed by atoms with Crippen molar-refractivity contribution in [3.63, 3.8) is 0 Å². The summed E-state index contributed by atoms with van der Waals surface area (Å²) in [5, 5.41) is 0. The van der Waals surface area contributed by atoms with Gasteiger partial charge in [-0.25, -0.2) is 0 Å². The highest BCUT2D eigenvalue weighted by Gasteiger charge is 2.08. The number of esters is 1. The van der Waals surface area contributed by atoms with Crippen LogP contribution >= 0.6 is 0 Å². The van der Waals surface area contributed by atoms with Crippen molar-refractivity contribution >= 4 is 5.97 Å². The number of nitrogens with zero attached hydrogens (tertiary/aromatic N) is 1. The van der Waals surface area contributed by atoms with Gasteiger partial charge < -0.3 is 15.0 Å². The van der Waals surface area contributed by atoms with Crippen LogP contribution in [0.2, 0.25) is 0 Å². The minimum Gasteiger partial charge on any atom is -0.464 e. The first-order chi connectivity index (χ1) is 8.67. The van der Waals surface area contributed by atoms with Gasteiger partial charge in [0.1, 0.15) is 6.54 Å². The summed E-state index contributed by atoms with van der Waals surface area (Å²) in [6.07, 6.45) is 7.79. The van der Waals surface area contributed by atoms with E-state index in [-0.39, 0.29) is 18.6 Å². The second kappa shape index (κ2) is 7.93. The Morgan fingerprint density at radius 1 is 1.44 bits per heavy atom. The Labute approximate surface area is 109 Å². The Morgan fingerprint density at radius 2 is 2.22 bits per heavy atom. The smallest absolute Gasteiger partial charge is 0.325 e. The topological polar surface area (TPSA) is 57.2 Å². The lowest BCUT2D eigenvalue weighted by Gasteiger charge is -2.07. The molecule has 0 fully saturated rings. The molecule has 0 aliphatic rings. The van der Waals surface area contributed by atoms with Crippen LogP contribution in [0.5, 0.6) is 0 Å². The van der Waals surface area contributed by atoms with Gasteiger partial charge >= 0.3 is 5.97 Å². The molecule has 0 radical (unpaired) electrons. The monoisotopic (exact) mass is 252 g/mol. The summed E-state index contributed by atoms with van der Waals surface area (Å²) in [6, 6.07) is 2.03. The third kappa shape index (κ3) is 4.92. The number of carbonyl (C=O) groups is 1. The van der Waals surface area contributed by atoms with E-state index in [1.54, 1.807) is 0 Å². The summed E-state index contributed by atoms with van der Waals surface area (Å²) < 4.78 is 6.95. The summed E-state index contributed by atoms with van der Waals surface area (Å²) in [5.41, 5.74) is 7.10. The first-order valence-corrected chi connectivity index (χ1v) is 6.74. The summed E-state index contributed by atoms with van der Waals surface area (Å²) >= 11 is 0. The first-order valence-electron chi connectivity index (χ1n) is 6.74. The van der Waals surface area contributed by atoms with Crippen LogP contribution in [-0.2, 0) is 16.1 Å². The van der Waals surface area contributed by atoms with Crippen molar-refractivity contribution in [2.45, 2.75) is 52.1 Å². The van der Waals surface area contributed by atoms with Gasteiger partial charge in [0.05, 0.1) is 6.61 Å². The molecule has 18 heavy (non-hydrogen) atoms. The van der Waals surface area contributed by atoms with Crippen LogP contribution in [-0.4, -0.2) is 17.1 Å². The molecule has 0 saturated carbocycles. The molecule has 1 heterocycles. The molecule has 4 nitrogen and oxygen atoms in total. The first kappa shape index (κ1) is 14.8. The zero-order valence-electron chi connectivity index (χ0n) is 11.4. The van der Waals surface area contributed by atoms with Crippen LogP contribution in [0.1, 0.15) is 51.1 Å². The predicted octanol–water partition coefficient (Wildman–Crippen LogP) is 2.63. The number of hydrogen-bond donors (Lipinski definition) is 1. The van der Waals surface area contributed by atoms with Gasteiger partial charge in [0.15, 0.2) is 0 Å². The van der Waals surface area contributed by atoms with Gasteiger partial charge in [-0.3, -0.25) is 4.79 Å². The average Bonchev–Trinajstić information content (AvgIpc) is 2.78. The van der Waals surface area contributed by atoms with Crippen molar-refractivity contribution < 1.29 is 9.53 Å². The summed E-state index contributed by atoms with van der Waals surface area (Å²) in [6.45, 7) is 4.96. The lowest BCUT2D eigenvalue weighted by Crippen LogP contribution is -2.13. The molecule has 1 atom stereocenters. The molecule has 102 valence electrons. The number of carbonyl (C=O) groups excluding carboxylic acids is 1. The fourth-order valence-electron chi connectivity index (χ4n) is 1.78. The second-order valence-corrected chi connectivity index (χ2v) is 4.59. The van der Waals surface area contributed by atoms with Crippen molar-refractivity contribution in [3.05, 3.63) is 24.0 Å². The van der Waals surface area contributed by atoms with Crippen LogP contribution in [0.4, 0.5) is 0 Å². The number of unbranched alkanes of at least 4 members (excludes halogenated alkanes) is 1. The van der Waals surface area contributed by atoms with Crippen molar-refractivity contribution in [2.24, 2.45) is 5.73 Å². The molecular weight excluding hydrogens is 228 g/mol. The van der Waals surface area contributed by atoms with E-state index < -0.39 is 0 Å². The summed E-state index contributed by atoms with van der Waals surface area (Å²) in [5.74, 6) is -0.185. The largest absolute Gasteiger partial charge is 0.464 e. The SMILES string of the molecule is CCCCOC(=O)Cn1ccc(C(N)CCC)c1. The van der Waals surface area contributed by atoms with E-state index in [0.29, 0.717) is 6.61 Å². The molecule has 2 N–H and O–H groups in total. The summed E-state index contributed by atoms with van der Waals surface area (Å²) in [4.78, 5) is 11.5. The van der Waals surface area contributed by atoms with Gasteiger partial charge in [-0.2, -0.15) is 0 Å². The van der Waals surface area contributed by atoms with Crippen LogP contribution in [0.15, 0.2) is 18.5 Å². The molecule has 1 aromatic rings. The van der Waals surface area contributed by atoms with E-state index in [0.717, 1.165) is 31.2 Å². The van der Waals surface area contributed by atoms with Gasteiger partial charge in [0.25, 0.3) is 0 Å². The highest BCUT2D eigenvalue weighted by molar-refractivity contribution is 5.69. The molecule has 0 amide bonds. The van der Waals surface area contributed by atoms with Crippen molar-refractivity contribution in [2.75, 3.05) is 6.61 Å². The highest BCUT2D eigenvalue weighted by atomic mass is 16.5. The maximum absolute atomic E-state index is 11.5. The molecule has 1 aromatic heterocycles. The Kier molecular flexibility index (Phi) is 6.50. The van der Waals surface area contributed by atoms with Crippen molar-refractivity contribution in [3.8, 4) is 0 Å². The van der Waals surface area contributed by atoms with Crippen LogP contribution in [0.3, 0.4) is 0 Å². The van der Waals surface area contributed by atoms with E-state index in [2.05, 4.69) is 13.8 Å². The van der Waals surface area contributed by atoms with Crippen LogP contribution in [0, 0.1) is 0 Å². The molecule has 0 spiro atoms. The quantitative estimate of drug-likeness (QED) is 0.571. The minimum atomic E-state index is -0.185. The third-order valence-corrected chi connectivity index (χ3v) is 2.87. The zero-order valence-corrected chi connectivity index (χ0v) is 11.4. The molecule has 0 aliphatic carbocycles. The summed E-state index contributed by atoms with van der Waals surface area (Å²) in [7, 11) is 0. The van der Waals surface area contributed by atoms with Crippen LogP contribution < -0.4 is 5.73 Å². The van der Waals surface area contributed by atoms with Gasteiger partial charge in [0.2, 0.25) is 0 Å². The van der Waals surface area contributed by atoms with E-state index in [9.17, 15) is 4.79 Å². The van der Waals surface area contributed by atoms with E-state index in [4.69, 9.17) is 10.5 Å². The Bertz CT molecular complexity index is 360. The molecule has 0 bridgehead atoms. The number of aromatic nitrogens is 1. The molecule has 1 unspecified atom stereocenters. The van der Waals surface area contributed by atoms with E-state index in [1.165, 1.54) is 0 Å². The molecule has 0 aromatic carbocycles. The fourth-order valence-corrected chi connectivity index (χ4v) is 1.78. The fraction of sp³-hybridized carbons (Fsp3) is 0.643. The Balaban J connectivity index is 2.41. The predicted molar refractivity (Wildman–Crippen MR) is 72.1 cm³/mol. The minimum absolute atomic E-state index is 0.0624. The lowest BCUT2D eigenvalue weighted by atomic mass is 10.1. The second-order valence-electron chi connectivity index (χ2n) is 4.59. The van der Waals surface area contributed by atoms with Gasteiger partial charge in [-0.05, 0) is 24.5 Å². The molecule has 1 rings (SSSR count). The molecule has 4 heteroatoms. The van der Waals surface area contributed by atoms with E-state index in [1.807, 2.05) is 23.0 Å². The van der Waals surface area contributed by atoms with Crippen molar-refractivity contribution in [1.29, 1.82) is 0 Å². The Hall–Kier alpha value is -1.29. The molecule has 0 saturated heterocycles. The normalized spacial score (nSPS) is 12.4. The number of nitrogens with two attached hydrogens (primary N) is 1. The Morgan fingerprint density at radius 3 is 2.89 bits per heavy atom. The maximum atomic E-state index is 11.5. The maximum Gasteiger partial charge on any atom is 0.325 e. The lowest BCUT2D eigenvalue weighted by molar-refractivity contribution is -0.144. The highest BCUT2D eigenvalue weighted by Crippen LogP contribution is 2.15. The van der Waals surface area contributed by atoms with Crippen molar-refractivity contribution in [1.82, 2.24) is 4.57 Å². The third-order valence-electron chi connectivity index (χ3n) is 2.87. The molecular formula is C14H24N2O2. The number of hydrogen-bond acceptors (Lipinski definition) is 3. The average molecular weight is 252 g/mol. The molecule has 0 aliphatic heterocycles. The van der Waals surface area contributed by atoms with Gasteiger partial charge in [-0.15, -0.1) is 0 Å². The van der Waals surface area contributed by atoms with Gasteiger partial charge in [-0.1, -0.05) is 26.7 Å². The number of ether oxygens (including phenoxy) is 1.